The smallest absolute Gasteiger partial charge is 0.407 e. The summed E-state index contributed by atoms with van der Waals surface area (Å²) < 4.78 is 22.0. The lowest BCUT2D eigenvalue weighted by molar-refractivity contribution is -0.136. The molecule has 3 aromatic rings. The lowest BCUT2D eigenvalue weighted by atomic mass is 9.91. The summed E-state index contributed by atoms with van der Waals surface area (Å²) >= 11 is 0. The highest BCUT2D eigenvalue weighted by Crippen LogP contribution is 2.40. The van der Waals surface area contributed by atoms with Gasteiger partial charge in [-0.2, -0.15) is 0 Å². The summed E-state index contributed by atoms with van der Waals surface area (Å²) in [6.07, 6.45) is 1.81. The number of nitrogens with one attached hydrogen (secondary N) is 1. The van der Waals surface area contributed by atoms with Gasteiger partial charge in [0.15, 0.2) is 11.5 Å². The van der Waals surface area contributed by atoms with Gasteiger partial charge in [0.05, 0.1) is 13.0 Å². The quantitative estimate of drug-likeness (QED) is 0.317. The molecule has 41 heavy (non-hydrogen) atoms. The zero-order valence-corrected chi connectivity index (χ0v) is 22.6. The van der Waals surface area contributed by atoms with E-state index in [1.165, 1.54) is 0 Å². The first-order chi connectivity index (χ1) is 20.0. The van der Waals surface area contributed by atoms with Gasteiger partial charge in [-0.1, -0.05) is 36.4 Å². The van der Waals surface area contributed by atoms with Crippen LogP contribution in [0.3, 0.4) is 0 Å². The SMILES string of the molecule is O=C(O)CCNC(=O)OCc1cccc(-c2cccc3c2CCCN3C(=O)CCCOc2cccc3c2OCO3)c1. The van der Waals surface area contributed by atoms with Crippen LogP contribution in [0.4, 0.5) is 10.5 Å². The third-order valence-electron chi connectivity index (χ3n) is 6.92. The van der Waals surface area contributed by atoms with Gasteiger partial charge in [-0.05, 0) is 65.8 Å². The molecule has 0 radical (unpaired) electrons. The maximum Gasteiger partial charge on any atom is 0.407 e. The molecule has 10 heteroatoms. The molecule has 0 atom stereocenters. The Morgan fingerprint density at radius 2 is 1.85 bits per heavy atom. The molecule has 0 aliphatic carbocycles. The van der Waals surface area contributed by atoms with Crippen molar-refractivity contribution in [1.82, 2.24) is 5.32 Å². The Morgan fingerprint density at radius 3 is 2.73 bits per heavy atom. The number of aliphatic carboxylic acids is 1. The topological polar surface area (TPSA) is 124 Å². The fourth-order valence-electron chi connectivity index (χ4n) is 5.01. The number of hydrogen-bond donors (Lipinski definition) is 2. The Morgan fingerprint density at radius 1 is 1.00 bits per heavy atom. The number of carboxylic acid groups (broad SMARTS) is 1. The van der Waals surface area contributed by atoms with Gasteiger partial charge in [-0.15, -0.1) is 0 Å². The van der Waals surface area contributed by atoms with Crippen LogP contribution in [0.15, 0.2) is 60.7 Å². The predicted molar refractivity (Wildman–Crippen MR) is 150 cm³/mol. The molecule has 5 rings (SSSR count). The molecule has 10 nitrogen and oxygen atoms in total. The summed E-state index contributed by atoms with van der Waals surface area (Å²) in [4.78, 5) is 37.6. The number of carbonyl (C=O) groups excluding carboxylic acids is 2. The zero-order valence-electron chi connectivity index (χ0n) is 22.6. The Balaban J connectivity index is 1.19. The third kappa shape index (κ3) is 6.89. The minimum absolute atomic E-state index is 0.00574. The fourth-order valence-corrected chi connectivity index (χ4v) is 5.01. The largest absolute Gasteiger partial charge is 0.490 e. The van der Waals surface area contributed by atoms with Gasteiger partial charge in [0.25, 0.3) is 0 Å². The molecule has 214 valence electrons. The van der Waals surface area contributed by atoms with Crippen molar-refractivity contribution in [1.29, 1.82) is 0 Å². The van der Waals surface area contributed by atoms with Gasteiger partial charge in [-0.3, -0.25) is 9.59 Å². The number of anilines is 1. The average Bonchev–Trinajstić information content (AvgIpc) is 3.47. The van der Waals surface area contributed by atoms with Crippen molar-refractivity contribution < 1.29 is 38.4 Å². The van der Waals surface area contributed by atoms with Gasteiger partial charge in [0, 0.05) is 25.2 Å². The van der Waals surface area contributed by atoms with Crippen molar-refractivity contribution >= 4 is 23.7 Å². The van der Waals surface area contributed by atoms with Crippen molar-refractivity contribution in [3.8, 4) is 28.4 Å². The number of alkyl carbamates (subject to hydrolysis) is 1. The summed E-state index contributed by atoms with van der Waals surface area (Å²) in [5.74, 6) is 0.949. The number of benzene rings is 3. The summed E-state index contributed by atoms with van der Waals surface area (Å²) in [6.45, 7) is 1.29. The van der Waals surface area contributed by atoms with E-state index < -0.39 is 12.1 Å². The average molecular weight is 561 g/mol. The highest BCUT2D eigenvalue weighted by Gasteiger charge is 2.25. The van der Waals surface area contributed by atoms with E-state index in [1.807, 2.05) is 65.6 Å². The number of para-hydroxylation sites is 1. The van der Waals surface area contributed by atoms with Gasteiger partial charge >= 0.3 is 12.1 Å². The molecule has 2 amide bonds. The summed E-state index contributed by atoms with van der Waals surface area (Å²) in [5.41, 5.74) is 4.85. The first-order valence-electron chi connectivity index (χ1n) is 13.6. The van der Waals surface area contributed by atoms with E-state index >= 15 is 0 Å². The summed E-state index contributed by atoms with van der Waals surface area (Å²) in [6, 6.07) is 19.2. The van der Waals surface area contributed by atoms with E-state index in [0.29, 0.717) is 43.2 Å². The number of carbonyl (C=O) groups is 3. The lowest BCUT2D eigenvalue weighted by Crippen LogP contribution is -2.35. The van der Waals surface area contributed by atoms with Crippen LogP contribution >= 0.6 is 0 Å². The number of amides is 2. The molecule has 0 unspecified atom stereocenters. The minimum Gasteiger partial charge on any atom is -0.490 e. The van der Waals surface area contributed by atoms with Gasteiger partial charge in [0.2, 0.25) is 18.4 Å². The monoisotopic (exact) mass is 560 g/mol. The van der Waals surface area contributed by atoms with Crippen LogP contribution in [-0.4, -0.2) is 49.6 Å². The second kappa shape index (κ2) is 13.1. The molecule has 0 fully saturated rings. The maximum absolute atomic E-state index is 13.3. The Hall–Kier alpha value is -4.73. The first kappa shape index (κ1) is 27.8. The zero-order chi connectivity index (χ0) is 28.6. The first-order valence-corrected chi connectivity index (χ1v) is 13.6. The molecule has 0 spiro atoms. The van der Waals surface area contributed by atoms with Crippen molar-refractivity contribution in [3.05, 3.63) is 71.8 Å². The minimum atomic E-state index is -0.990. The van der Waals surface area contributed by atoms with E-state index in [0.717, 1.165) is 40.8 Å². The Kier molecular flexibility index (Phi) is 8.88. The van der Waals surface area contributed by atoms with Gasteiger partial charge in [-0.25, -0.2) is 4.79 Å². The molecule has 0 saturated heterocycles. The predicted octanol–water partition coefficient (Wildman–Crippen LogP) is 4.92. The number of nitrogens with zero attached hydrogens (tertiary/aromatic N) is 1. The van der Waals surface area contributed by atoms with Crippen molar-refractivity contribution in [2.24, 2.45) is 0 Å². The van der Waals surface area contributed by atoms with E-state index in [1.54, 1.807) is 0 Å². The number of ether oxygens (including phenoxy) is 4. The molecular weight excluding hydrogens is 528 g/mol. The standard InChI is InChI=1S/C31H32N2O8/c34-28(13-5-17-38-26-11-3-12-27-30(26)41-20-40-27)33-16-4-9-24-23(8-2-10-25(24)33)22-7-1-6-21(18-22)19-39-31(37)32-15-14-29(35)36/h1-3,6-8,10-12,18H,4-5,9,13-17,19-20H2,(H,32,37)(H,35,36). The molecule has 2 aliphatic rings. The van der Waals surface area contributed by atoms with Gasteiger partial charge in [0.1, 0.15) is 6.61 Å². The fraction of sp³-hybridized carbons (Fsp3) is 0.323. The molecule has 0 bridgehead atoms. The molecule has 0 saturated carbocycles. The molecule has 2 N–H and O–H groups in total. The number of fused-ring (bicyclic) bond motifs is 2. The highest BCUT2D eigenvalue weighted by molar-refractivity contribution is 5.96. The van der Waals surface area contributed by atoms with E-state index in [-0.39, 0.29) is 32.3 Å². The maximum atomic E-state index is 13.3. The molecule has 2 aliphatic heterocycles. The van der Waals surface area contributed by atoms with Crippen LogP contribution in [0.5, 0.6) is 17.2 Å². The van der Waals surface area contributed by atoms with Gasteiger partial charge < -0.3 is 34.3 Å². The second-order valence-electron chi connectivity index (χ2n) is 9.74. The molecule has 3 aromatic carbocycles. The summed E-state index contributed by atoms with van der Waals surface area (Å²) in [7, 11) is 0. The van der Waals surface area contributed by atoms with Crippen LogP contribution in [0.2, 0.25) is 0 Å². The van der Waals surface area contributed by atoms with Crippen LogP contribution in [-0.2, 0) is 27.4 Å². The molecule has 2 heterocycles. The van der Waals surface area contributed by atoms with Crippen molar-refractivity contribution in [2.75, 3.05) is 31.4 Å². The number of carboxylic acids is 1. The summed E-state index contributed by atoms with van der Waals surface area (Å²) in [5, 5.41) is 11.1. The third-order valence-corrected chi connectivity index (χ3v) is 6.92. The van der Waals surface area contributed by atoms with Crippen molar-refractivity contribution in [3.63, 3.8) is 0 Å². The Bertz CT molecular complexity index is 1420. The lowest BCUT2D eigenvalue weighted by Gasteiger charge is -2.31. The van der Waals surface area contributed by atoms with Crippen LogP contribution < -0.4 is 24.4 Å². The Labute approximate surface area is 237 Å². The van der Waals surface area contributed by atoms with Crippen LogP contribution in [0.1, 0.15) is 36.8 Å². The normalized spacial score (nSPS) is 13.3. The second-order valence-corrected chi connectivity index (χ2v) is 9.74. The van der Waals surface area contributed by atoms with E-state index in [4.69, 9.17) is 24.1 Å². The molecular formula is C31H32N2O8. The number of hydrogen-bond acceptors (Lipinski definition) is 7. The highest BCUT2D eigenvalue weighted by atomic mass is 16.7. The molecule has 0 aromatic heterocycles. The van der Waals surface area contributed by atoms with Crippen LogP contribution in [0.25, 0.3) is 11.1 Å². The van der Waals surface area contributed by atoms with E-state index in [2.05, 4.69) is 5.32 Å². The number of rotatable bonds is 11. The van der Waals surface area contributed by atoms with E-state index in [9.17, 15) is 14.4 Å². The van der Waals surface area contributed by atoms with Crippen LogP contribution in [0, 0.1) is 0 Å². The van der Waals surface area contributed by atoms with Crippen molar-refractivity contribution in [2.45, 2.75) is 38.7 Å².